The van der Waals surface area contributed by atoms with Crippen molar-refractivity contribution in [1.82, 2.24) is 15.2 Å². The minimum Gasteiger partial charge on any atom is -0.494 e. The van der Waals surface area contributed by atoms with Gasteiger partial charge in [0.1, 0.15) is 12.0 Å². The molecular formula is C21H31N3O3. The molecule has 1 aromatic carbocycles. The summed E-state index contributed by atoms with van der Waals surface area (Å²) >= 11 is 0. The van der Waals surface area contributed by atoms with Crippen molar-refractivity contribution < 1.29 is 13.9 Å². The second-order valence-corrected chi connectivity index (χ2v) is 7.31. The average Bonchev–Trinajstić information content (AvgIpc) is 3.09. The van der Waals surface area contributed by atoms with Crippen molar-refractivity contribution in [2.45, 2.75) is 53.8 Å². The maximum atomic E-state index is 12.1. The van der Waals surface area contributed by atoms with Crippen molar-refractivity contribution in [1.29, 1.82) is 0 Å². The third kappa shape index (κ3) is 6.71. The molecule has 1 aromatic heterocycles. The predicted molar refractivity (Wildman–Crippen MR) is 106 cm³/mol. The Kier molecular flexibility index (Phi) is 7.85. The Hall–Kier alpha value is -2.34. The van der Waals surface area contributed by atoms with Crippen LogP contribution in [-0.4, -0.2) is 35.0 Å². The smallest absolute Gasteiger partial charge is 0.273 e. The van der Waals surface area contributed by atoms with Crippen LogP contribution in [0.1, 0.15) is 56.6 Å². The zero-order chi connectivity index (χ0) is 19.8. The molecule has 0 unspecified atom stereocenters. The van der Waals surface area contributed by atoms with E-state index in [9.17, 15) is 4.79 Å². The van der Waals surface area contributed by atoms with Gasteiger partial charge in [-0.2, -0.15) is 0 Å². The number of aromatic nitrogens is 1. The molecule has 27 heavy (non-hydrogen) atoms. The molecule has 0 atom stereocenters. The molecule has 0 radical (unpaired) electrons. The lowest BCUT2D eigenvalue weighted by Crippen LogP contribution is -2.30. The molecule has 1 N–H and O–H groups in total. The SMILES string of the molecule is CCOc1ccc(CN(Cc2nc(C(=O)NCC(C)C)co2)C(C)C)cc1. The van der Waals surface area contributed by atoms with Crippen molar-refractivity contribution in [3.8, 4) is 5.75 Å². The molecule has 6 nitrogen and oxygen atoms in total. The molecule has 1 amide bonds. The normalized spacial score (nSPS) is 11.4. The van der Waals surface area contributed by atoms with E-state index in [1.54, 1.807) is 0 Å². The van der Waals surface area contributed by atoms with Gasteiger partial charge < -0.3 is 14.5 Å². The van der Waals surface area contributed by atoms with Crippen LogP contribution < -0.4 is 10.1 Å². The third-order valence-corrected chi connectivity index (χ3v) is 4.14. The number of hydrogen-bond acceptors (Lipinski definition) is 5. The van der Waals surface area contributed by atoms with Crippen LogP contribution in [0.3, 0.4) is 0 Å². The van der Waals surface area contributed by atoms with Gasteiger partial charge in [0, 0.05) is 19.1 Å². The summed E-state index contributed by atoms with van der Waals surface area (Å²) < 4.78 is 11.0. The second kappa shape index (κ2) is 10.1. The van der Waals surface area contributed by atoms with Gasteiger partial charge >= 0.3 is 0 Å². The van der Waals surface area contributed by atoms with E-state index >= 15 is 0 Å². The minimum absolute atomic E-state index is 0.193. The Morgan fingerprint density at radius 2 is 1.89 bits per heavy atom. The number of amides is 1. The molecule has 6 heteroatoms. The highest BCUT2D eigenvalue weighted by Crippen LogP contribution is 2.17. The fourth-order valence-corrected chi connectivity index (χ4v) is 2.56. The second-order valence-electron chi connectivity index (χ2n) is 7.31. The highest BCUT2D eigenvalue weighted by Gasteiger charge is 2.17. The predicted octanol–water partition coefficient (Wildman–Crippen LogP) is 3.87. The molecule has 2 aromatic rings. The maximum Gasteiger partial charge on any atom is 0.273 e. The molecule has 0 saturated heterocycles. The first kappa shape index (κ1) is 21.0. The van der Waals surface area contributed by atoms with Crippen LogP contribution in [-0.2, 0) is 13.1 Å². The molecule has 0 spiro atoms. The first-order valence-corrected chi connectivity index (χ1v) is 9.57. The molecule has 0 fully saturated rings. The number of carbonyl (C=O) groups is 1. The number of carbonyl (C=O) groups excluding carboxylic acids is 1. The molecule has 148 valence electrons. The van der Waals surface area contributed by atoms with E-state index in [-0.39, 0.29) is 5.91 Å². The average molecular weight is 373 g/mol. The summed E-state index contributed by atoms with van der Waals surface area (Å²) in [6.45, 7) is 12.9. The summed E-state index contributed by atoms with van der Waals surface area (Å²) in [5.74, 6) is 1.62. The lowest BCUT2D eigenvalue weighted by atomic mass is 10.2. The molecule has 0 aliphatic carbocycles. The molecule has 0 aliphatic rings. The van der Waals surface area contributed by atoms with Crippen LogP contribution >= 0.6 is 0 Å². The summed E-state index contributed by atoms with van der Waals surface area (Å²) in [6, 6.07) is 8.42. The highest BCUT2D eigenvalue weighted by atomic mass is 16.5. The van der Waals surface area contributed by atoms with E-state index < -0.39 is 0 Å². The molecule has 0 aliphatic heterocycles. The van der Waals surface area contributed by atoms with E-state index in [2.05, 4.69) is 55.0 Å². The van der Waals surface area contributed by atoms with Crippen LogP contribution in [0, 0.1) is 5.92 Å². The van der Waals surface area contributed by atoms with Gasteiger partial charge in [-0.05, 0) is 44.4 Å². The van der Waals surface area contributed by atoms with Crippen LogP contribution in [0.15, 0.2) is 34.9 Å². The first-order valence-electron chi connectivity index (χ1n) is 9.57. The van der Waals surface area contributed by atoms with Gasteiger partial charge in [0.2, 0.25) is 5.89 Å². The standard InChI is InChI=1S/C21H31N3O3/c1-6-26-18-9-7-17(8-10-18)12-24(16(4)5)13-20-23-19(14-27-20)21(25)22-11-15(2)3/h7-10,14-16H,6,11-13H2,1-5H3,(H,22,25). The number of ether oxygens (including phenoxy) is 1. The van der Waals surface area contributed by atoms with Gasteiger partial charge in [0.05, 0.1) is 13.2 Å². The minimum atomic E-state index is -0.193. The van der Waals surface area contributed by atoms with E-state index in [1.807, 2.05) is 19.1 Å². The van der Waals surface area contributed by atoms with E-state index in [0.717, 1.165) is 12.3 Å². The zero-order valence-electron chi connectivity index (χ0n) is 17.0. The lowest BCUT2D eigenvalue weighted by Gasteiger charge is -2.25. The van der Waals surface area contributed by atoms with Crippen LogP contribution in [0.25, 0.3) is 0 Å². The third-order valence-electron chi connectivity index (χ3n) is 4.14. The number of hydrogen-bond donors (Lipinski definition) is 1. The lowest BCUT2D eigenvalue weighted by molar-refractivity contribution is 0.0944. The van der Waals surface area contributed by atoms with Crippen LogP contribution in [0.5, 0.6) is 5.75 Å². The van der Waals surface area contributed by atoms with Crippen molar-refractivity contribution >= 4 is 5.91 Å². The monoisotopic (exact) mass is 373 g/mol. The number of oxazole rings is 1. The van der Waals surface area contributed by atoms with Crippen LogP contribution in [0.4, 0.5) is 0 Å². The Bertz CT molecular complexity index is 708. The topological polar surface area (TPSA) is 67.6 Å². The fraction of sp³-hybridized carbons (Fsp3) is 0.524. The van der Waals surface area contributed by atoms with E-state index in [1.165, 1.54) is 11.8 Å². The van der Waals surface area contributed by atoms with E-state index in [0.29, 0.717) is 43.2 Å². The number of nitrogens with zero attached hydrogens (tertiary/aromatic N) is 2. The van der Waals surface area contributed by atoms with Crippen LogP contribution in [0.2, 0.25) is 0 Å². The highest BCUT2D eigenvalue weighted by molar-refractivity contribution is 5.91. The summed E-state index contributed by atoms with van der Waals surface area (Å²) in [6.07, 6.45) is 1.43. The van der Waals surface area contributed by atoms with Crippen molar-refractivity contribution in [3.63, 3.8) is 0 Å². The summed E-state index contributed by atoms with van der Waals surface area (Å²) in [5, 5.41) is 2.86. The Morgan fingerprint density at radius 3 is 2.48 bits per heavy atom. The van der Waals surface area contributed by atoms with Crippen molar-refractivity contribution in [2.24, 2.45) is 5.92 Å². The number of nitrogens with one attached hydrogen (secondary N) is 1. The van der Waals surface area contributed by atoms with Gasteiger partial charge in [0.15, 0.2) is 5.69 Å². The van der Waals surface area contributed by atoms with Gasteiger partial charge in [0.25, 0.3) is 5.91 Å². The summed E-state index contributed by atoms with van der Waals surface area (Å²) in [4.78, 5) is 18.7. The fourth-order valence-electron chi connectivity index (χ4n) is 2.56. The first-order chi connectivity index (χ1) is 12.9. The Morgan fingerprint density at radius 1 is 1.19 bits per heavy atom. The van der Waals surface area contributed by atoms with Gasteiger partial charge in [-0.1, -0.05) is 26.0 Å². The molecule has 0 bridgehead atoms. The summed E-state index contributed by atoms with van der Waals surface area (Å²) in [7, 11) is 0. The largest absolute Gasteiger partial charge is 0.494 e. The Balaban J connectivity index is 1.98. The number of benzene rings is 1. The zero-order valence-corrected chi connectivity index (χ0v) is 17.0. The van der Waals surface area contributed by atoms with Crippen molar-refractivity contribution in [2.75, 3.05) is 13.2 Å². The molecule has 1 heterocycles. The molecular weight excluding hydrogens is 342 g/mol. The van der Waals surface area contributed by atoms with Crippen molar-refractivity contribution in [3.05, 3.63) is 47.7 Å². The Labute approximate surface area is 161 Å². The van der Waals surface area contributed by atoms with Gasteiger partial charge in [-0.15, -0.1) is 0 Å². The number of rotatable bonds is 10. The quantitative estimate of drug-likeness (QED) is 0.685. The summed E-state index contributed by atoms with van der Waals surface area (Å²) in [5.41, 5.74) is 1.52. The maximum absolute atomic E-state index is 12.1. The molecule has 2 rings (SSSR count). The van der Waals surface area contributed by atoms with E-state index in [4.69, 9.17) is 9.15 Å². The molecule has 0 saturated carbocycles. The van der Waals surface area contributed by atoms with Gasteiger partial charge in [-0.25, -0.2) is 4.98 Å². The van der Waals surface area contributed by atoms with Gasteiger partial charge in [-0.3, -0.25) is 9.69 Å².